The van der Waals surface area contributed by atoms with Crippen molar-refractivity contribution in [3.05, 3.63) is 30.2 Å². The van der Waals surface area contributed by atoms with Gasteiger partial charge >= 0.3 is 0 Å². The molecule has 2 fully saturated rings. The minimum atomic E-state index is -0.0462. The van der Waals surface area contributed by atoms with Crippen molar-refractivity contribution in [2.45, 2.75) is 44.4 Å². The number of nitrogens with zero attached hydrogens (tertiary/aromatic N) is 4. The summed E-state index contributed by atoms with van der Waals surface area (Å²) in [5.41, 5.74) is 2.09. The second-order valence-corrected chi connectivity index (χ2v) is 6.73. The molecule has 0 aliphatic heterocycles. The van der Waals surface area contributed by atoms with Gasteiger partial charge in [-0.05, 0) is 56.7 Å². The summed E-state index contributed by atoms with van der Waals surface area (Å²) in [5, 5.41) is 14.1. The van der Waals surface area contributed by atoms with E-state index in [2.05, 4.69) is 28.1 Å². The molecule has 2 saturated carbocycles. The fourth-order valence-electron chi connectivity index (χ4n) is 4.32. The molecule has 2 aliphatic carbocycles. The molecule has 0 spiro atoms. The molecule has 0 aromatic carbocycles. The molecule has 5 nitrogen and oxygen atoms in total. The second-order valence-electron chi connectivity index (χ2n) is 6.73. The SMILES string of the molecule is CN(Cc1cccc2ncnn12)C1C[C@H]2CC(O)C[C@H]2C1. The zero-order valence-corrected chi connectivity index (χ0v) is 12.4. The number of hydrogen-bond donors (Lipinski definition) is 1. The Balaban J connectivity index is 1.47. The van der Waals surface area contributed by atoms with Crippen molar-refractivity contribution < 1.29 is 5.11 Å². The van der Waals surface area contributed by atoms with Crippen LogP contribution < -0.4 is 0 Å². The van der Waals surface area contributed by atoms with Crippen molar-refractivity contribution in [1.29, 1.82) is 0 Å². The summed E-state index contributed by atoms with van der Waals surface area (Å²) < 4.78 is 1.93. The summed E-state index contributed by atoms with van der Waals surface area (Å²) in [5.74, 6) is 1.46. The van der Waals surface area contributed by atoms with Crippen LogP contribution in [-0.2, 0) is 6.54 Å². The zero-order chi connectivity index (χ0) is 14.4. The van der Waals surface area contributed by atoms with E-state index < -0.39 is 0 Å². The van der Waals surface area contributed by atoms with E-state index in [4.69, 9.17) is 0 Å². The molecule has 21 heavy (non-hydrogen) atoms. The lowest BCUT2D eigenvalue weighted by molar-refractivity contribution is 0.157. The highest BCUT2D eigenvalue weighted by atomic mass is 16.3. The summed E-state index contributed by atoms with van der Waals surface area (Å²) in [6.07, 6.45) is 6.04. The van der Waals surface area contributed by atoms with E-state index in [9.17, 15) is 5.11 Å². The lowest BCUT2D eigenvalue weighted by Gasteiger charge is -2.25. The molecule has 2 heterocycles. The molecule has 2 aliphatic rings. The first-order chi connectivity index (χ1) is 10.2. The Hall–Kier alpha value is -1.46. The maximum absolute atomic E-state index is 9.76. The van der Waals surface area contributed by atoms with E-state index in [1.807, 2.05) is 16.6 Å². The number of pyridine rings is 1. The average molecular weight is 286 g/mol. The first-order valence-corrected chi connectivity index (χ1v) is 7.86. The van der Waals surface area contributed by atoms with Gasteiger partial charge in [-0.2, -0.15) is 5.10 Å². The van der Waals surface area contributed by atoms with E-state index >= 15 is 0 Å². The minimum Gasteiger partial charge on any atom is -0.393 e. The monoisotopic (exact) mass is 286 g/mol. The summed E-state index contributed by atoms with van der Waals surface area (Å²) in [7, 11) is 2.21. The zero-order valence-electron chi connectivity index (χ0n) is 12.4. The Morgan fingerprint density at radius 2 is 2.00 bits per heavy atom. The van der Waals surface area contributed by atoms with Gasteiger partial charge in [0.25, 0.3) is 0 Å². The van der Waals surface area contributed by atoms with Crippen LogP contribution in [0.1, 0.15) is 31.4 Å². The fraction of sp³-hybridized carbons (Fsp3) is 0.625. The molecule has 4 rings (SSSR count). The molecule has 2 aromatic heterocycles. The van der Waals surface area contributed by atoms with Crippen LogP contribution in [0.15, 0.2) is 24.5 Å². The topological polar surface area (TPSA) is 53.7 Å². The Labute approximate surface area is 124 Å². The highest BCUT2D eigenvalue weighted by Gasteiger charge is 2.42. The van der Waals surface area contributed by atoms with Gasteiger partial charge < -0.3 is 5.11 Å². The number of aliphatic hydroxyl groups excluding tert-OH is 1. The second kappa shape index (κ2) is 5.07. The lowest BCUT2D eigenvalue weighted by atomic mass is 10.0. The molecular formula is C16H22N4O. The van der Waals surface area contributed by atoms with Crippen LogP contribution in [0.25, 0.3) is 5.65 Å². The molecule has 112 valence electrons. The summed E-state index contributed by atoms with van der Waals surface area (Å²) in [6, 6.07) is 6.79. The third-order valence-electron chi connectivity index (χ3n) is 5.38. The van der Waals surface area contributed by atoms with Crippen LogP contribution in [-0.4, -0.2) is 43.8 Å². The number of hydrogen-bond acceptors (Lipinski definition) is 4. The van der Waals surface area contributed by atoms with Crippen LogP contribution >= 0.6 is 0 Å². The smallest absolute Gasteiger partial charge is 0.155 e. The fourth-order valence-corrected chi connectivity index (χ4v) is 4.32. The van der Waals surface area contributed by atoms with E-state index in [1.165, 1.54) is 18.5 Å². The predicted molar refractivity (Wildman–Crippen MR) is 79.7 cm³/mol. The van der Waals surface area contributed by atoms with E-state index in [-0.39, 0.29) is 6.10 Å². The summed E-state index contributed by atoms with van der Waals surface area (Å²) in [6.45, 7) is 0.896. The minimum absolute atomic E-state index is 0.0462. The molecule has 0 amide bonds. The molecular weight excluding hydrogens is 264 g/mol. The van der Waals surface area contributed by atoms with Crippen molar-refractivity contribution in [1.82, 2.24) is 19.5 Å². The number of fused-ring (bicyclic) bond motifs is 2. The van der Waals surface area contributed by atoms with Gasteiger partial charge in [-0.15, -0.1) is 0 Å². The molecule has 0 radical (unpaired) electrons. The Morgan fingerprint density at radius 1 is 1.24 bits per heavy atom. The van der Waals surface area contributed by atoms with Gasteiger partial charge in [0.1, 0.15) is 6.33 Å². The maximum Gasteiger partial charge on any atom is 0.155 e. The van der Waals surface area contributed by atoms with Gasteiger partial charge in [0.2, 0.25) is 0 Å². The normalized spacial score (nSPS) is 32.1. The van der Waals surface area contributed by atoms with Gasteiger partial charge in [-0.1, -0.05) is 6.07 Å². The summed E-state index contributed by atoms with van der Waals surface area (Å²) in [4.78, 5) is 6.69. The molecule has 2 aromatic rings. The van der Waals surface area contributed by atoms with Gasteiger partial charge in [0, 0.05) is 12.6 Å². The Morgan fingerprint density at radius 3 is 2.76 bits per heavy atom. The van der Waals surface area contributed by atoms with Crippen LogP contribution in [0, 0.1) is 11.8 Å². The van der Waals surface area contributed by atoms with Gasteiger partial charge in [0.05, 0.1) is 11.8 Å². The molecule has 5 heteroatoms. The Kier molecular flexibility index (Phi) is 3.19. The van der Waals surface area contributed by atoms with E-state index in [0.717, 1.165) is 36.9 Å². The number of rotatable bonds is 3. The van der Waals surface area contributed by atoms with Crippen LogP contribution in [0.5, 0.6) is 0 Å². The van der Waals surface area contributed by atoms with Crippen molar-refractivity contribution >= 4 is 5.65 Å². The summed E-state index contributed by atoms with van der Waals surface area (Å²) >= 11 is 0. The number of aliphatic hydroxyl groups is 1. The van der Waals surface area contributed by atoms with Crippen molar-refractivity contribution in [2.75, 3.05) is 7.05 Å². The highest BCUT2D eigenvalue weighted by Crippen LogP contribution is 2.45. The molecule has 4 atom stereocenters. The van der Waals surface area contributed by atoms with Crippen LogP contribution in [0.2, 0.25) is 0 Å². The third-order valence-corrected chi connectivity index (χ3v) is 5.38. The molecule has 2 unspecified atom stereocenters. The first kappa shape index (κ1) is 13.2. The van der Waals surface area contributed by atoms with Gasteiger partial charge in [-0.25, -0.2) is 9.50 Å². The van der Waals surface area contributed by atoms with E-state index in [1.54, 1.807) is 6.33 Å². The van der Waals surface area contributed by atoms with Crippen LogP contribution in [0.4, 0.5) is 0 Å². The molecule has 0 saturated heterocycles. The standard InChI is InChI=1S/C16H22N4O/c1-19(14-5-11-7-15(21)8-12(11)6-14)9-13-3-2-4-16-17-10-18-20(13)16/h2-4,10-12,14-15,21H,5-9H2,1H3/t11-,12+,14?,15?. The molecule has 1 N–H and O–H groups in total. The maximum atomic E-state index is 9.76. The lowest BCUT2D eigenvalue weighted by Crippen LogP contribution is -2.30. The number of aromatic nitrogens is 3. The predicted octanol–water partition coefficient (Wildman–Crippen LogP) is 1.71. The average Bonchev–Trinajstić information content (AvgIpc) is 3.12. The first-order valence-electron chi connectivity index (χ1n) is 7.86. The third kappa shape index (κ3) is 2.34. The Bertz CT molecular complexity index is 626. The molecule has 0 bridgehead atoms. The van der Waals surface area contributed by atoms with Crippen LogP contribution in [0.3, 0.4) is 0 Å². The largest absolute Gasteiger partial charge is 0.393 e. The van der Waals surface area contributed by atoms with Crippen molar-refractivity contribution in [3.8, 4) is 0 Å². The van der Waals surface area contributed by atoms with Crippen molar-refractivity contribution in [3.63, 3.8) is 0 Å². The van der Waals surface area contributed by atoms with E-state index in [0.29, 0.717) is 6.04 Å². The van der Waals surface area contributed by atoms with Gasteiger partial charge in [0.15, 0.2) is 5.65 Å². The van der Waals surface area contributed by atoms with Crippen molar-refractivity contribution in [2.24, 2.45) is 11.8 Å². The quantitative estimate of drug-likeness (QED) is 0.933. The highest BCUT2D eigenvalue weighted by molar-refractivity contribution is 5.37. The van der Waals surface area contributed by atoms with Gasteiger partial charge in [-0.3, -0.25) is 4.90 Å².